The van der Waals surface area contributed by atoms with Gasteiger partial charge in [-0.1, -0.05) is 0 Å². The van der Waals surface area contributed by atoms with Crippen LogP contribution in [0, 0.1) is 0 Å². The summed E-state index contributed by atoms with van der Waals surface area (Å²) in [4.78, 5) is 5.40. The number of nitrogens with zero attached hydrogens (tertiary/aromatic N) is 2. The second kappa shape index (κ2) is 5.69. The number of aliphatic hydroxyl groups excluding tert-OH is 2. The largest absolute Gasteiger partial charge is 0.394 e. The van der Waals surface area contributed by atoms with Gasteiger partial charge in [-0.15, -0.1) is 0 Å². The van der Waals surface area contributed by atoms with Gasteiger partial charge in [-0.05, 0) is 12.5 Å². The number of hydrogen-bond acceptors (Lipinski definition) is 6. The fourth-order valence-electron chi connectivity index (χ4n) is 1.27. The molecule has 0 aromatic rings. The third kappa shape index (κ3) is 3.50. The van der Waals surface area contributed by atoms with Crippen LogP contribution in [0.15, 0.2) is 17.3 Å². The Morgan fingerprint density at radius 2 is 2.47 bits per heavy atom. The van der Waals surface area contributed by atoms with E-state index in [1.54, 1.807) is 24.3 Å². The van der Waals surface area contributed by atoms with Crippen LogP contribution in [-0.4, -0.2) is 53.7 Å². The predicted molar refractivity (Wildman–Crippen MR) is 56.0 cm³/mol. The van der Waals surface area contributed by atoms with Gasteiger partial charge in [-0.3, -0.25) is 0 Å². The highest BCUT2D eigenvalue weighted by atomic mass is 16.5. The molecule has 1 aliphatic rings. The second-order valence-electron chi connectivity index (χ2n) is 3.28. The molecule has 0 bridgehead atoms. The minimum Gasteiger partial charge on any atom is -0.394 e. The monoisotopic (exact) mass is 215 g/mol. The van der Waals surface area contributed by atoms with Gasteiger partial charge < -0.3 is 25.6 Å². The normalized spacial score (nSPS) is 22.7. The molecule has 0 aromatic heterocycles. The van der Waals surface area contributed by atoms with Gasteiger partial charge in [0.1, 0.15) is 5.84 Å². The molecule has 1 heterocycles. The Kier molecular flexibility index (Phi) is 4.54. The number of methoxy groups -OCH3 is 1. The summed E-state index contributed by atoms with van der Waals surface area (Å²) in [5, 5.41) is 18.4. The predicted octanol–water partition coefficient (Wildman–Crippen LogP) is -1.15. The molecule has 86 valence electrons. The maximum absolute atomic E-state index is 9.50. The average molecular weight is 215 g/mol. The van der Waals surface area contributed by atoms with Crippen molar-refractivity contribution in [1.29, 1.82) is 0 Å². The maximum atomic E-state index is 9.50. The highest BCUT2D eigenvalue weighted by molar-refractivity contribution is 5.91. The molecule has 1 rings (SSSR count). The lowest BCUT2D eigenvalue weighted by molar-refractivity contribution is 0.00964. The molecule has 2 atom stereocenters. The number of hydrogen-bond donors (Lipinski definition) is 3. The molecule has 0 saturated heterocycles. The average Bonchev–Trinajstić information content (AvgIpc) is 2.22. The van der Waals surface area contributed by atoms with Gasteiger partial charge in [-0.25, -0.2) is 4.99 Å². The van der Waals surface area contributed by atoms with E-state index in [9.17, 15) is 5.11 Å². The quantitative estimate of drug-likeness (QED) is 0.538. The van der Waals surface area contributed by atoms with E-state index in [0.717, 1.165) is 0 Å². The maximum Gasteiger partial charge on any atom is 0.227 e. The first kappa shape index (κ1) is 12.0. The van der Waals surface area contributed by atoms with Crippen LogP contribution in [0.1, 0.15) is 6.42 Å². The van der Waals surface area contributed by atoms with E-state index in [0.29, 0.717) is 18.8 Å². The zero-order chi connectivity index (χ0) is 11.3. The van der Waals surface area contributed by atoms with E-state index in [1.165, 1.54) is 0 Å². The van der Waals surface area contributed by atoms with Crippen molar-refractivity contribution >= 4 is 5.84 Å². The molecular formula is C9H17N3O3. The molecule has 4 N–H and O–H groups in total. The topological polar surface area (TPSA) is 91.3 Å². The fraction of sp³-hybridized carbons (Fsp3) is 0.667. The smallest absolute Gasteiger partial charge is 0.227 e. The van der Waals surface area contributed by atoms with Crippen molar-refractivity contribution < 1.29 is 14.9 Å². The molecule has 0 aliphatic carbocycles. The van der Waals surface area contributed by atoms with Crippen LogP contribution in [0.5, 0.6) is 0 Å². The molecule has 1 aliphatic heterocycles. The Balaban J connectivity index is 2.37. The summed E-state index contributed by atoms with van der Waals surface area (Å²) in [5.41, 5.74) is 5.41. The summed E-state index contributed by atoms with van der Waals surface area (Å²) < 4.78 is 5.00. The van der Waals surface area contributed by atoms with Crippen LogP contribution in [0.4, 0.5) is 0 Å². The molecule has 0 amide bonds. The summed E-state index contributed by atoms with van der Waals surface area (Å²) >= 11 is 0. The molecule has 0 fully saturated rings. The molecular weight excluding hydrogens is 198 g/mol. The first-order chi connectivity index (χ1) is 7.17. The van der Waals surface area contributed by atoms with E-state index in [4.69, 9.17) is 15.6 Å². The molecule has 0 unspecified atom stereocenters. The molecule has 6 nitrogen and oxygen atoms in total. The Labute approximate surface area is 88.7 Å². The first-order valence-corrected chi connectivity index (χ1v) is 4.76. The summed E-state index contributed by atoms with van der Waals surface area (Å²) in [6.07, 6.45) is 2.76. The Hall–Kier alpha value is -1.11. The third-order valence-corrected chi connectivity index (χ3v) is 2.24. The van der Waals surface area contributed by atoms with E-state index in [2.05, 4.69) is 4.99 Å². The number of nitrogens with two attached hydrogens (primary N) is 1. The van der Waals surface area contributed by atoms with E-state index < -0.39 is 6.35 Å². The standard InChI is InChI=1S/C9H17N3O3/c1-15-7(6-13)2-4-12-5-3-8(10)11-9(12)14/h3,5,7,9,13-14H,2,4,6H2,1H3,(H2,10,11)/t7-,9+/m0/s1. The second-order valence-corrected chi connectivity index (χ2v) is 3.28. The van der Waals surface area contributed by atoms with Gasteiger partial charge in [0.2, 0.25) is 6.35 Å². The molecule has 0 spiro atoms. The van der Waals surface area contributed by atoms with E-state index in [1.807, 2.05) is 0 Å². The molecule has 0 saturated carbocycles. The summed E-state index contributed by atoms with van der Waals surface area (Å²) in [5.74, 6) is 0.309. The van der Waals surface area contributed by atoms with E-state index >= 15 is 0 Å². The lowest BCUT2D eigenvalue weighted by Crippen LogP contribution is -2.36. The van der Waals surface area contributed by atoms with Crippen LogP contribution >= 0.6 is 0 Å². The Morgan fingerprint density at radius 3 is 3.00 bits per heavy atom. The Bertz CT molecular complexity index is 251. The lowest BCUT2D eigenvalue weighted by atomic mass is 10.2. The van der Waals surface area contributed by atoms with Crippen molar-refractivity contribution in [2.45, 2.75) is 18.9 Å². The van der Waals surface area contributed by atoms with Crippen molar-refractivity contribution in [3.8, 4) is 0 Å². The first-order valence-electron chi connectivity index (χ1n) is 4.76. The van der Waals surface area contributed by atoms with Gasteiger partial charge in [0.25, 0.3) is 0 Å². The van der Waals surface area contributed by atoms with Crippen molar-refractivity contribution in [3.05, 3.63) is 12.3 Å². The van der Waals surface area contributed by atoms with Crippen LogP contribution in [-0.2, 0) is 4.74 Å². The number of ether oxygens (including phenoxy) is 1. The van der Waals surface area contributed by atoms with Crippen LogP contribution in [0.25, 0.3) is 0 Å². The van der Waals surface area contributed by atoms with Gasteiger partial charge in [0, 0.05) is 19.9 Å². The molecule has 6 heteroatoms. The van der Waals surface area contributed by atoms with Crippen molar-refractivity contribution in [2.24, 2.45) is 10.7 Å². The summed E-state index contributed by atoms with van der Waals surface area (Å²) in [6, 6.07) is 0. The van der Waals surface area contributed by atoms with Gasteiger partial charge in [0.05, 0.1) is 12.7 Å². The van der Waals surface area contributed by atoms with Crippen molar-refractivity contribution in [2.75, 3.05) is 20.3 Å². The third-order valence-electron chi connectivity index (χ3n) is 2.24. The van der Waals surface area contributed by atoms with Crippen LogP contribution in [0.3, 0.4) is 0 Å². The Morgan fingerprint density at radius 1 is 1.73 bits per heavy atom. The minimum atomic E-state index is -0.939. The number of aliphatic imine (C=N–C) groups is 1. The molecule has 0 aromatic carbocycles. The highest BCUT2D eigenvalue weighted by Crippen LogP contribution is 2.07. The number of aliphatic hydroxyl groups is 2. The van der Waals surface area contributed by atoms with Gasteiger partial charge >= 0.3 is 0 Å². The summed E-state index contributed by atoms with van der Waals surface area (Å²) in [6.45, 7) is 0.517. The van der Waals surface area contributed by atoms with Gasteiger partial charge in [0.15, 0.2) is 0 Å². The zero-order valence-electron chi connectivity index (χ0n) is 8.71. The number of rotatable bonds is 5. The van der Waals surface area contributed by atoms with Crippen molar-refractivity contribution in [3.63, 3.8) is 0 Å². The SMILES string of the molecule is CO[C@H](CO)CCN1C=CC(N)=N[C@H]1O. The zero-order valence-corrected chi connectivity index (χ0v) is 8.71. The minimum absolute atomic E-state index is 0.0322. The van der Waals surface area contributed by atoms with Crippen LogP contribution < -0.4 is 5.73 Å². The molecule has 0 radical (unpaired) electrons. The van der Waals surface area contributed by atoms with Crippen molar-refractivity contribution in [1.82, 2.24) is 4.90 Å². The molecule has 15 heavy (non-hydrogen) atoms. The van der Waals surface area contributed by atoms with E-state index in [-0.39, 0.29) is 12.7 Å². The highest BCUT2D eigenvalue weighted by Gasteiger charge is 2.16. The lowest BCUT2D eigenvalue weighted by Gasteiger charge is -2.27. The summed E-state index contributed by atoms with van der Waals surface area (Å²) in [7, 11) is 1.54. The fourth-order valence-corrected chi connectivity index (χ4v) is 1.27. The van der Waals surface area contributed by atoms with Crippen LogP contribution in [0.2, 0.25) is 0 Å². The van der Waals surface area contributed by atoms with Gasteiger partial charge in [-0.2, -0.15) is 0 Å². The number of amidine groups is 1.